The van der Waals surface area contributed by atoms with Crippen LogP contribution < -0.4 is 0 Å². The predicted octanol–water partition coefficient (Wildman–Crippen LogP) is 0.802. The zero-order valence-electron chi connectivity index (χ0n) is 15.3. The van der Waals surface area contributed by atoms with Gasteiger partial charge in [-0.3, -0.25) is 14.8 Å². The molecular weight excluding hydrogens is 332 g/mol. The fraction of sp³-hybridized carbons (Fsp3) is 0.474. The van der Waals surface area contributed by atoms with Crippen molar-refractivity contribution >= 4 is 5.91 Å². The Balaban J connectivity index is 1.56. The molecule has 1 aliphatic rings. The van der Waals surface area contributed by atoms with Gasteiger partial charge in [0.05, 0.1) is 36.6 Å². The van der Waals surface area contributed by atoms with Crippen molar-refractivity contribution in [1.29, 1.82) is 0 Å². The highest BCUT2D eigenvalue weighted by Gasteiger charge is 2.36. The number of benzene rings is 1. The van der Waals surface area contributed by atoms with Crippen LogP contribution in [0.1, 0.15) is 17.0 Å². The minimum Gasteiger partial charge on any atom is -0.390 e. The van der Waals surface area contributed by atoms with Crippen LogP contribution in [0.4, 0.5) is 0 Å². The zero-order valence-corrected chi connectivity index (χ0v) is 15.3. The second-order valence-corrected chi connectivity index (χ2v) is 6.83. The molecule has 7 nitrogen and oxygen atoms in total. The van der Waals surface area contributed by atoms with Crippen molar-refractivity contribution in [2.45, 2.75) is 31.7 Å². The molecule has 0 saturated carbocycles. The van der Waals surface area contributed by atoms with Crippen molar-refractivity contribution in [1.82, 2.24) is 20.0 Å². The van der Waals surface area contributed by atoms with Gasteiger partial charge in [-0.15, -0.1) is 0 Å². The first-order chi connectivity index (χ1) is 12.6. The fourth-order valence-electron chi connectivity index (χ4n) is 3.38. The molecule has 0 spiro atoms. The van der Waals surface area contributed by atoms with Crippen LogP contribution in [-0.4, -0.2) is 70.4 Å². The molecule has 1 fully saturated rings. The third-order valence-corrected chi connectivity index (χ3v) is 4.77. The van der Waals surface area contributed by atoms with E-state index in [9.17, 15) is 9.90 Å². The number of H-pyrrole nitrogens is 1. The summed E-state index contributed by atoms with van der Waals surface area (Å²) < 4.78 is 5.08. The lowest BCUT2D eigenvalue weighted by molar-refractivity contribution is -0.129. The lowest BCUT2D eigenvalue weighted by Gasteiger charge is -2.25. The van der Waals surface area contributed by atoms with Gasteiger partial charge in [-0.25, -0.2) is 0 Å². The van der Waals surface area contributed by atoms with Gasteiger partial charge in [-0.1, -0.05) is 30.3 Å². The van der Waals surface area contributed by atoms with Crippen LogP contribution >= 0.6 is 0 Å². The van der Waals surface area contributed by atoms with Gasteiger partial charge >= 0.3 is 0 Å². The molecule has 0 unspecified atom stereocenters. The number of methoxy groups -OCH3 is 1. The van der Waals surface area contributed by atoms with E-state index in [2.05, 4.69) is 10.2 Å². The molecule has 1 aliphatic heterocycles. The van der Waals surface area contributed by atoms with Crippen molar-refractivity contribution in [2.24, 2.45) is 0 Å². The first kappa shape index (κ1) is 18.6. The molecule has 7 heteroatoms. The van der Waals surface area contributed by atoms with Crippen LogP contribution in [0.2, 0.25) is 0 Å². The van der Waals surface area contributed by atoms with E-state index in [0.717, 1.165) is 17.0 Å². The second kappa shape index (κ2) is 8.44. The third-order valence-electron chi connectivity index (χ3n) is 4.77. The fourth-order valence-corrected chi connectivity index (χ4v) is 3.38. The Bertz CT molecular complexity index is 719. The SMILES string of the molecule is COCc1cc(CN(C)[C@H]2CN(C(=O)Cc3ccccc3)C[C@@H]2O)n[nH]1. The quantitative estimate of drug-likeness (QED) is 0.765. The molecule has 1 aromatic carbocycles. The highest BCUT2D eigenvalue weighted by Crippen LogP contribution is 2.18. The number of ether oxygens (including phenoxy) is 1. The Kier molecular flexibility index (Phi) is 6.03. The number of nitrogens with one attached hydrogen (secondary N) is 1. The Morgan fingerprint density at radius 2 is 2.15 bits per heavy atom. The van der Waals surface area contributed by atoms with Gasteiger partial charge < -0.3 is 14.7 Å². The number of carbonyl (C=O) groups excluding carboxylic acids is 1. The van der Waals surface area contributed by atoms with Crippen molar-refractivity contribution in [3.05, 3.63) is 53.3 Å². The van der Waals surface area contributed by atoms with Crippen molar-refractivity contribution < 1.29 is 14.6 Å². The number of aliphatic hydroxyl groups excluding tert-OH is 1. The van der Waals surface area contributed by atoms with Gasteiger partial charge in [0.25, 0.3) is 0 Å². The predicted molar refractivity (Wildman–Crippen MR) is 97.3 cm³/mol. The van der Waals surface area contributed by atoms with E-state index in [1.807, 2.05) is 48.3 Å². The summed E-state index contributed by atoms with van der Waals surface area (Å²) in [4.78, 5) is 16.3. The molecule has 2 N–H and O–H groups in total. The first-order valence-electron chi connectivity index (χ1n) is 8.79. The molecule has 1 amide bonds. The average Bonchev–Trinajstić information content (AvgIpc) is 3.22. The lowest BCUT2D eigenvalue weighted by Crippen LogP contribution is -2.40. The van der Waals surface area contributed by atoms with Crippen LogP contribution in [0.15, 0.2) is 36.4 Å². The van der Waals surface area contributed by atoms with Gasteiger partial charge in [0.2, 0.25) is 5.91 Å². The molecule has 0 aliphatic carbocycles. The molecule has 0 radical (unpaired) electrons. The Labute approximate surface area is 153 Å². The van der Waals surface area contributed by atoms with Crippen LogP contribution in [0.3, 0.4) is 0 Å². The standard InChI is InChI=1S/C19H26N4O3/c1-22(10-15-9-16(13-26-2)21-20-15)17-11-23(12-18(17)24)19(25)8-14-6-4-3-5-7-14/h3-7,9,17-18,24H,8,10-13H2,1-2H3,(H,20,21)/t17-,18-/m0/s1. The molecule has 2 aromatic rings. The molecule has 2 heterocycles. The number of likely N-dealkylation sites (N-methyl/N-ethyl adjacent to an activating group) is 1. The maximum absolute atomic E-state index is 12.5. The maximum Gasteiger partial charge on any atom is 0.227 e. The van der Waals surface area contributed by atoms with E-state index in [1.54, 1.807) is 12.0 Å². The molecule has 140 valence electrons. The molecule has 1 aromatic heterocycles. The number of amides is 1. The first-order valence-corrected chi connectivity index (χ1v) is 8.79. The number of likely N-dealkylation sites (tertiary alicyclic amines) is 1. The number of aromatic nitrogens is 2. The van der Waals surface area contributed by atoms with Crippen LogP contribution in [0.5, 0.6) is 0 Å². The third kappa shape index (κ3) is 4.49. The number of β-amino-alcohol motifs (C(OH)–C–C–N with tert-alkyl or cyclic N) is 1. The van der Waals surface area contributed by atoms with E-state index >= 15 is 0 Å². The van der Waals surface area contributed by atoms with Gasteiger partial charge in [0.1, 0.15) is 0 Å². The monoisotopic (exact) mass is 358 g/mol. The van der Waals surface area contributed by atoms with Crippen LogP contribution in [0.25, 0.3) is 0 Å². The van der Waals surface area contributed by atoms with E-state index < -0.39 is 6.10 Å². The summed E-state index contributed by atoms with van der Waals surface area (Å²) >= 11 is 0. The van der Waals surface area contributed by atoms with E-state index in [4.69, 9.17) is 4.74 Å². The van der Waals surface area contributed by atoms with Gasteiger partial charge in [0, 0.05) is 26.7 Å². The Morgan fingerprint density at radius 3 is 2.88 bits per heavy atom. The van der Waals surface area contributed by atoms with Crippen molar-refractivity contribution in [2.75, 3.05) is 27.2 Å². The number of aliphatic hydroxyl groups is 1. The number of aromatic amines is 1. The maximum atomic E-state index is 12.5. The smallest absolute Gasteiger partial charge is 0.227 e. The molecule has 2 atom stereocenters. The molecule has 3 rings (SSSR count). The van der Waals surface area contributed by atoms with Gasteiger partial charge in [0.15, 0.2) is 0 Å². The van der Waals surface area contributed by atoms with Crippen LogP contribution in [-0.2, 0) is 29.1 Å². The minimum absolute atomic E-state index is 0.0494. The number of carbonyl (C=O) groups is 1. The van der Waals surface area contributed by atoms with E-state index in [1.165, 1.54) is 0 Å². The zero-order chi connectivity index (χ0) is 18.5. The molecule has 0 bridgehead atoms. The molecule has 26 heavy (non-hydrogen) atoms. The van der Waals surface area contributed by atoms with Crippen LogP contribution in [0, 0.1) is 0 Å². The Morgan fingerprint density at radius 1 is 1.38 bits per heavy atom. The molecular formula is C19H26N4O3. The summed E-state index contributed by atoms with van der Waals surface area (Å²) in [5.41, 5.74) is 2.80. The number of rotatable bonds is 7. The van der Waals surface area contributed by atoms with E-state index in [0.29, 0.717) is 32.7 Å². The lowest BCUT2D eigenvalue weighted by atomic mass is 10.1. The van der Waals surface area contributed by atoms with Crippen molar-refractivity contribution in [3.8, 4) is 0 Å². The average molecular weight is 358 g/mol. The van der Waals surface area contributed by atoms with Gasteiger partial charge in [-0.05, 0) is 18.7 Å². The summed E-state index contributed by atoms with van der Waals surface area (Å²) in [5, 5.41) is 17.6. The van der Waals surface area contributed by atoms with Gasteiger partial charge in [-0.2, -0.15) is 5.10 Å². The second-order valence-electron chi connectivity index (χ2n) is 6.83. The normalized spacial score (nSPS) is 20.1. The summed E-state index contributed by atoms with van der Waals surface area (Å²) in [6, 6.07) is 11.6. The summed E-state index contributed by atoms with van der Waals surface area (Å²) in [5.74, 6) is 0.0494. The number of hydrogen-bond acceptors (Lipinski definition) is 5. The number of hydrogen-bond donors (Lipinski definition) is 2. The highest BCUT2D eigenvalue weighted by molar-refractivity contribution is 5.79. The van der Waals surface area contributed by atoms with E-state index in [-0.39, 0.29) is 11.9 Å². The summed E-state index contributed by atoms with van der Waals surface area (Å²) in [6.45, 7) is 1.99. The minimum atomic E-state index is -0.558. The van der Waals surface area contributed by atoms with Crippen molar-refractivity contribution in [3.63, 3.8) is 0 Å². The molecule has 1 saturated heterocycles. The number of nitrogens with zero attached hydrogens (tertiary/aromatic N) is 3. The topological polar surface area (TPSA) is 81.7 Å². The summed E-state index contributed by atoms with van der Waals surface area (Å²) in [7, 11) is 3.59. The summed E-state index contributed by atoms with van der Waals surface area (Å²) in [6.07, 6.45) is -0.193. The Hall–Kier alpha value is -2.22. The largest absolute Gasteiger partial charge is 0.390 e. The highest BCUT2D eigenvalue weighted by atomic mass is 16.5.